The molecule has 0 aliphatic carbocycles. The molecule has 0 saturated heterocycles. The summed E-state index contributed by atoms with van der Waals surface area (Å²) >= 11 is 5.65. The molecular weight excluding hydrogens is 282 g/mol. The van der Waals surface area contributed by atoms with Gasteiger partial charge in [0.1, 0.15) is 6.04 Å². The zero-order chi connectivity index (χ0) is 14.0. The van der Waals surface area contributed by atoms with Crippen LogP contribution in [0, 0.1) is 5.92 Å². The SMILES string of the molecule is C[C@H](CS)C(=O)N1CC(c2cccs2)=CC1C(=O)O. The average molecular weight is 297 g/mol. The van der Waals surface area contributed by atoms with Crippen molar-refractivity contribution in [2.75, 3.05) is 12.3 Å². The molecule has 4 nitrogen and oxygen atoms in total. The zero-order valence-electron chi connectivity index (χ0n) is 10.4. The Balaban J connectivity index is 2.24. The van der Waals surface area contributed by atoms with Gasteiger partial charge in [-0.15, -0.1) is 11.3 Å². The second-order valence-electron chi connectivity index (χ2n) is 4.50. The Morgan fingerprint density at radius 2 is 2.37 bits per heavy atom. The molecule has 0 saturated carbocycles. The first kappa shape index (κ1) is 14.1. The predicted molar refractivity (Wildman–Crippen MR) is 78.4 cm³/mol. The van der Waals surface area contributed by atoms with Crippen LogP contribution >= 0.6 is 24.0 Å². The van der Waals surface area contributed by atoms with Gasteiger partial charge in [-0.05, 0) is 23.1 Å². The van der Waals surface area contributed by atoms with Crippen molar-refractivity contribution in [2.45, 2.75) is 13.0 Å². The number of thiol groups is 1. The smallest absolute Gasteiger partial charge is 0.330 e. The third-order valence-corrected chi connectivity index (χ3v) is 4.60. The quantitative estimate of drug-likeness (QED) is 0.836. The van der Waals surface area contributed by atoms with Gasteiger partial charge >= 0.3 is 5.97 Å². The summed E-state index contributed by atoms with van der Waals surface area (Å²) in [5.41, 5.74) is 0.905. The van der Waals surface area contributed by atoms with Gasteiger partial charge in [-0.1, -0.05) is 13.0 Å². The predicted octanol–water partition coefficient (Wildman–Crippen LogP) is 1.99. The van der Waals surface area contributed by atoms with Gasteiger partial charge in [0.05, 0.1) is 0 Å². The summed E-state index contributed by atoms with van der Waals surface area (Å²) in [6.45, 7) is 2.12. The Kier molecular flexibility index (Phi) is 4.31. The summed E-state index contributed by atoms with van der Waals surface area (Å²) in [6, 6.07) is 2.98. The van der Waals surface area contributed by atoms with E-state index in [1.54, 1.807) is 24.3 Å². The molecule has 1 aliphatic heterocycles. The van der Waals surface area contributed by atoms with Crippen molar-refractivity contribution in [3.05, 3.63) is 28.5 Å². The molecule has 102 valence electrons. The van der Waals surface area contributed by atoms with E-state index in [4.69, 9.17) is 0 Å². The standard InChI is InChI=1S/C13H15NO3S2/c1-8(7-18)12(15)14-6-9(5-10(14)13(16)17)11-3-2-4-19-11/h2-5,8,10,18H,6-7H2,1H3,(H,16,17)/t8-,10?/m1/s1. The molecule has 2 atom stereocenters. The highest BCUT2D eigenvalue weighted by molar-refractivity contribution is 7.80. The molecule has 19 heavy (non-hydrogen) atoms. The van der Waals surface area contributed by atoms with Crippen LogP contribution in [-0.2, 0) is 9.59 Å². The highest BCUT2D eigenvalue weighted by atomic mass is 32.1. The summed E-state index contributed by atoms with van der Waals surface area (Å²) in [7, 11) is 0. The van der Waals surface area contributed by atoms with Gasteiger partial charge in [-0.3, -0.25) is 4.79 Å². The first-order valence-electron chi connectivity index (χ1n) is 5.93. The maximum Gasteiger partial charge on any atom is 0.330 e. The van der Waals surface area contributed by atoms with Crippen molar-refractivity contribution in [1.29, 1.82) is 0 Å². The molecule has 1 amide bonds. The van der Waals surface area contributed by atoms with Crippen molar-refractivity contribution in [1.82, 2.24) is 4.90 Å². The first-order valence-corrected chi connectivity index (χ1v) is 7.44. The van der Waals surface area contributed by atoms with E-state index in [1.807, 2.05) is 17.5 Å². The van der Waals surface area contributed by atoms with Crippen molar-refractivity contribution in [3.8, 4) is 0 Å². The molecular formula is C13H15NO3S2. The topological polar surface area (TPSA) is 57.6 Å². The van der Waals surface area contributed by atoms with Crippen LogP contribution in [0.4, 0.5) is 0 Å². The molecule has 0 bridgehead atoms. The van der Waals surface area contributed by atoms with Crippen LogP contribution in [0.2, 0.25) is 0 Å². The monoisotopic (exact) mass is 297 g/mol. The maximum absolute atomic E-state index is 12.2. The summed E-state index contributed by atoms with van der Waals surface area (Å²) in [4.78, 5) is 25.9. The maximum atomic E-state index is 12.2. The summed E-state index contributed by atoms with van der Waals surface area (Å²) in [6.07, 6.45) is 1.66. The van der Waals surface area contributed by atoms with Crippen molar-refractivity contribution in [3.63, 3.8) is 0 Å². The van der Waals surface area contributed by atoms with Crippen molar-refractivity contribution in [2.24, 2.45) is 5.92 Å². The molecule has 0 radical (unpaired) electrons. The van der Waals surface area contributed by atoms with Gasteiger partial charge < -0.3 is 10.0 Å². The molecule has 6 heteroatoms. The fourth-order valence-corrected chi connectivity index (χ4v) is 2.92. The van der Waals surface area contributed by atoms with Gasteiger partial charge in [-0.25, -0.2) is 4.79 Å². The van der Waals surface area contributed by atoms with Gasteiger partial charge in [0.25, 0.3) is 0 Å². The normalized spacial score (nSPS) is 20.2. The Morgan fingerprint density at radius 1 is 1.63 bits per heavy atom. The van der Waals surface area contributed by atoms with Crippen molar-refractivity contribution < 1.29 is 14.7 Å². The minimum atomic E-state index is -0.994. The lowest BCUT2D eigenvalue weighted by Crippen LogP contribution is -2.43. The number of hydrogen-bond donors (Lipinski definition) is 2. The van der Waals surface area contributed by atoms with Crippen molar-refractivity contribution >= 4 is 41.4 Å². The number of rotatable bonds is 4. The molecule has 1 N–H and O–H groups in total. The Hall–Kier alpha value is -1.27. The third kappa shape index (κ3) is 2.84. The highest BCUT2D eigenvalue weighted by Gasteiger charge is 2.35. The molecule has 0 fully saturated rings. The number of hydrogen-bond acceptors (Lipinski definition) is 4. The van der Waals surface area contributed by atoms with Gasteiger partial charge in [0.15, 0.2) is 0 Å². The second-order valence-corrected chi connectivity index (χ2v) is 5.81. The minimum absolute atomic E-state index is 0.162. The molecule has 2 heterocycles. The number of carboxylic acids is 1. The number of aliphatic carboxylic acids is 1. The van der Waals surface area contributed by atoms with Gasteiger partial charge in [0, 0.05) is 23.1 Å². The third-order valence-electron chi connectivity index (χ3n) is 3.10. The van der Waals surface area contributed by atoms with E-state index < -0.39 is 12.0 Å². The largest absolute Gasteiger partial charge is 0.479 e. The molecule has 1 unspecified atom stereocenters. The molecule has 2 rings (SSSR count). The fourth-order valence-electron chi connectivity index (χ4n) is 2.02. The highest BCUT2D eigenvalue weighted by Crippen LogP contribution is 2.29. The molecule has 1 aliphatic rings. The van der Waals surface area contributed by atoms with E-state index in [0.29, 0.717) is 12.3 Å². The lowest BCUT2D eigenvalue weighted by Gasteiger charge is -2.24. The molecule has 1 aromatic rings. The number of amides is 1. The molecule has 0 spiro atoms. The Morgan fingerprint density at radius 3 is 2.89 bits per heavy atom. The number of carbonyl (C=O) groups is 2. The lowest BCUT2D eigenvalue weighted by atomic mass is 10.1. The van der Waals surface area contributed by atoms with E-state index in [1.165, 1.54) is 4.90 Å². The Bertz CT molecular complexity index is 510. The van der Waals surface area contributed by atoms with Gasteiger partial charge in [0.2, 0.25) is 5.91 Å². The molecule has 0 aromatic carbocycles. The number of carboxylic acid groups (broad SMARTS) is 1. The van der Waals surface area contributed by atoms with Crippen LogP contribution in [0.3, 0.4) is 0 Å². The minimum Gasteiger partial charge on any atom is -0.479 e. The summed E-state index contributed by atoms with van der Waals surface area (Å²) < 4.78 is 0. The van der Waals surface area contributed by atoms with Crippen LogP contribution in [-0.4, -0.2) is 40.2 Å². The Labute approximate surface area is 121 Å². The zero-order valence-corrected chi connectivity index (χ0v) is 12.2. The number of carbonyl (C=O) groups excluding carboxylic acids is 1. The van der Waals surface area contributed by atoms with Crippen LogP contribution in [0.15, 0.2) is 23.6 Å². The van der Waals surface area contributed by atoms with Crippen LogP contribution < -0.4 is 0 Å². The van der Waals surface area contributed by atoms with E-state index >= 15 is 0 Å². The van der Waals surface area contributed by atoms with Crippen LogP contribution in [0.1, 0.15) is 11.8 Å². The first-order chi connectivity index (χ1) is 9.04. The number of nitrogens with zero attached hydrogens (tertiary/aromatic N) is 1. The van der Waals surface area contributed by atoms with Crippen LogP contribution in [0.5, 0.6) is 0 Å². The second kappa shape index (κ2) is 5.79. The summed E-state index contributed by atoms with van der Waals surface area (Å²) in [5.74, 6) is -1.02. The van der Waals surface area contributed by atoms with Gasteiger partial charge in [-0.2, -0.15) is 12.6 Å². The van der Waals surface area contributed by atoms with E-state index in [0.717, 1.165) is 10.5 Å². The number of thiophene rings is 1. The van der Waals surface area contributed by atoms with E-state index in [9.17, 15) is 14.7 Å². The van der Waals surface area contributed by atoms with E-state index in [-0.39, 0.29) is 11.8 Å². The van der Waals surface area contributed by atoms with Crippen LogP contribution in [0.25, 0.3) is 5.57 Å². The molecule has 1 aromatic heterocycles. The average Bonchev–Trinajstić information content (AvgIpc) is 3.04. The summed E-state index contributed by atoms with van der Waals surface area (Å²) in [5, 5.41) is 11.2. The van der Waals surface area contributed by atoms with E-state index in [2.05, 4.69) is 12.6 Å². The lowest BCUT2D eigenvalue weighted by molar-refractivity contribution is -0.148. The fraction of sp³-hybridized carbons (Fsp3) is 0.385.